The molecule has 340 valence electrons. The first-order valence-electron chi connectivity index (χ1n) is 22.3. The zero-order valence-electron chi connectivity index (χ0n) is 40.2. The third-order valence-electron chi connectivity index (χ3n) is 13.2. The summed E-state index contributed by atoms with van der Waals surface area (Å²) in [6.07, 6.45) is 4.13. The number of piperidine rings is 4. The Kier molecular flexibility index (Phi) is 13.4. The quantitative estimate of drug-likeness (QED) is 0.145. The summed E-state index contributed by atoms with van der Waals surface area (Å²) in [6, 6.07) is 3.23. The van der Waals surface area contributed by atoms with Gasteiger partial charge in [0.25, 0.3) is 0 Å². The molecule has 4 saturated heterocycles. The van der Waals surface area contributed by atoms with Gasteiger partial charge >= 0.3 is 11.9 Å². The van der Waals surface area contributed by atoms with Crippen molar-refractivity contribution in [3.63, 3.8) is 0 Å². The second-order valence-electron chi connectivity index (χ2n) is 24.0. The van der Waals surface area contributed by atoms with Crippen LogP contribution in [-0.2, 0) is 25.7 Å². The molecule has 5 rings (SSSR count). The van der Waals surface area contributed by atoms with Crippen LogP contribution >= 0.6 is 0 Å². The summed E-state index contributed by atoms with van der Waals surface area (Å²) in [5, 5.41) is 21.8. The number of nitrogens with one attached hydrogen (secondary N) is 2. The van der Waals surface area contributed by atoms with Crippen molar-refractivity contribution >= 4 is 17.7 Å². The molecule has 0 bridgehead atoms. The number of carbonyl (C=O) groups excluding carboxylic acids is 3. The number of rotatable bonds is 11. The Bertz CT molecular complexity index is 1710. The van der Waals surface area contributed by atoms with E-state index in [9.17, 15) is 19.6 Å². The highest BCUT2D eigenvalue weighted by molar-refractivity contribution is 6.08. The van der Waals surface area contributed by atoms with Gasteiger partial charge in [0, 0.05) is 82.0 Å². The van der Waals surface area contributed by atoms with Crippen LogP contribution in [0, 0.1) is 5.92 Å². The molecule has 12 heteroatoms. The molecule has 0 spiro atoms. The predicted octanol–water partition coefficient (Wildman–Crippen LogP) is 8.95. The van der Waals surface area contributed by atoms with E-state index < -0.39 is 46.3 Å². The van der Waals surface area contributed by atoms with Crippen LogP contribution in [0.4, 0.5) is 0 Å². The number of hydrogen-bond donors (Lipinski definition) is 3. The molecule has 0 radical (unpaired) electrons. The van der Waals surface area contributed by atoms with Crippen molar-refractivity contribution in [2.24, 2.45) is 5.92 Å². The van der Waals surface area contributed by atoms with Crippen molar-refractivity contribution in [1.29, 1.82) is 0 Å². The fourth-order valence-corrected chi connectivity index (χ4v) is 12.4. The van der Waals surface area contributed by atoms with Gasteiger partial charge < -0.3 is 34.9 Å². The number of hydrogen-bond acceptors (Lipinski definition) is 12. The van der Waals surface area contributed by atoms with E-state index in [0.717, 1.165) is 12.8 Å². The van der Waals surface area contributed by atoms with Crippen LogP contribution in [0.15, 0.2) is 12.1 Å². The average Bonchev–Trinajstić information content (AvgIpc) is 3.01. The minimum atomic E-state index is -0.637. The fraction of sp³-hybridized carbons (Fsp3) is 0.812. The topological polar surface area (TPSA) is 139 Å². The first-order valence-corrected chi connectivity index (χ1v) is 22.3. The minimum absolute atomic E-state index is 0.0512. The van der Waals surface area contributed by atoms with Gasteiger partial charge in [0.05, 0.1) is 30.9 Å². The van der Waals surface area contributed by atoms with E-state index in [1.54, 1.807) is 13.2 Å². The maximum atomic E-state index is 14.8. The van der Waals surface area contributed by atoms with E-state index in [1.165, 1.54) is 11.1 Å². The van der Waals surface area contributed by atoms with Gasteiger partial charge in [0.1, 0.15) is 12.2 Å². The molecule has 0 aliphatic carbocycles. The second kappa shape index (κ2) is 16.6. The molecular formula is C48H80N4O8. The number of carbonyl (C=O) groups is 3. The molecule has 12 nitrogen and oxygen atoms in total. The molecule has 3 N–H and O–H groups in total. The number of ketones is 1. The van der Waals surface area contributed by atoms with E-state index in [2.05, 4.69) is 93.7 Å². The van der Waals surface area contributed by atoms with Gasteiger partial charge in [-0.2, -0.15) is 10.1 Å². The monoisotopic (exact) mass is 841 g/mol. The van der Waals surface area contributed by atoms with E-state index >= 15 is 0 Å². The summed E-state index contributed by atoms with van der Waals surface area (Å²) >= 11 is 0. The lowest BCUT2D eigenvalue weighted by Crippen LogP contribution is -2.61. The maximum Gasteiger partial charge on any atom is 0.339 e. The number of benzene rings is 1. The SMILES string of the molecule is CON1C(C)(C)CC(OC(=O)c2cc(C(=O)OC3CC(C)(C)NC(C)(C)C3)c(C(=O)CC3CC(C)(C)N(O)C(C)(C)C3)cc2COC2CC(C)(C)NC(C)(C)C2)CC1(C)C. The first kappa shape index (κ1) is 48.6. The molecule has 60 heavy (non-hydrogen) atoms. The normalized spacial score (nSPS) is 26.6. The standard InChI is InChI=1S/C48H80N4O8/c1-41(2)23-32(24-42(3,4)49-41)58-29-31-19-36(38(53)18-30-21-45(9,10)51(56)46(11,12)22-30)37(40(55)59-33-25-43(5,6)50-44(7,8)26-33)20-35(31)39(54)60-34-27-47(13,14)52(57-17)48(15,16)28-34/h19-20,30,32-34,49-50,56H,18,21-29H2,1-17H3. The largest absolute Gasteiger partial charge is 0.459 e. The van der Waals surface area contributed by atoms with Crippen molar-refractivity contribution in [2.45, 2.75) is 238 Å². The predicted molar refractivity (Wildman–Crippen MR) is 234 cm³/mol. The van der Waals surface area contributed by atoms with Crippen LogP contribution < -0.4 is 10.6 Å². The van der Waals surface area contributed by atoms with E-state index in [1.807, 2.05) is 32.8 Å². The zero-order chi connectivity index (χ0) is 45.2. The molecule has 4 aliphatic heterocycles. The van der Waals surface area contributed by atoms with Gasteiger partial charge in [0.15, 0.2) is 5.78 Å². The van der Waals surface area contributed by atoms with Crippen molar-refractivity contribution in [3.05, 3.63) is 34.4 Å². The molecular weight excluding hydrogens is 761 g/mol. The van der Waals surface area contributed by atoms with Gasteiger partial charge in [-0.05, 0) is 160 Å². The molecule has 0 atom stereocenters. The Labute approximate surface area is 361 Å². The molecule has 1 aromatic carbocycles. The van der Waals surface area contributed by atoms with Crippen LogP contribution in [0.1, 0.15) is 205 Å². The molecule has 4 heterocycles. The van der Waals surface area contributed by atoms with Gasteiger partial charge in [-0.1, -0.05) is 0 Å². The lowest BCUT2D eigenvalue weighted by molar-refractivity contribution is -0.276. The summed E-state index contributed by atoms with van der Waals surface area (Å²) < 4.78 is 19.4. The highest BCUT2D eigenvalue weighted by atomic mass is 16.7. The number of ether oxygens (including phenoxy) is 3. The summed E-state index contributed by atoms with van der Waals surface area (Å²) in [4.78, 5) is 49.9. The zero-order valence-corrected chi connectivity index (χ0v) is 40.2. The molecule has 4 aliphatic rings. The third kappa shape index (κ3) is 11.4. The molecule has 0 amide bonds. The molecule has 0 unspecified atom stereocenters. The van der Waals surface area contributed by atoms with Gasteiger partial charge in [-0.15, -0.1) is 0 Å². The Morgan fingerprint density at radius 3 is 1.45 bits per heavy atom. The lowest BCUT2D eigenvalue weighted by atomic mass is 9.73. The molecule has 0 saturated carbocycles. The van der Waals surface area contributed by atoms with Crippen molar-refractivity contribution < 1.29 is 38.6 Å². The van der Waals surface area contributed by atoms with Crippen molar-refractivity contribution in [1.82, 2.24) is 20.8 Å². The summed E-state index contributed by atoms with van der Waals surface area (Å²) in [5.74, 6) is -1.48. The lowest BCUT2D eigenvalue weighted by Gasteiger charge is -2.52. The highest BCUT2D eigenvalue weighted by Crippen LogP contribution is 2.43. The van der Waals surface area contributed by atoms with Gasteiger partial charge in [-0.25, -0.2) is 9.59 Å². The van der Waals surface area contributed by atoms with E-state index in [0.29, 0.717) is 44.1 Å². The molecule has 4 fully saturated rings. The highest BCUT2D eigenvalue weighted by Gasteiger charge is 2.49. The van der Waals surface area contributed by atoms with Crippen LogP contribution in [0.5, 0.6) is 0 Å². The van der Waals surface area contributed by atoms with Crippen molar-refractivity contribution in [3.8, 4) is 0 Å². The van der Waals surface area contributed by atoms with Crippen LogP contribution in [0.25, 0.3) is 0 Å². The smallest absolute Gasteiger partial charge is 0.339 e. The van der Waals surface area contributed by atoms with Gasteiger partial charge in [0.2, 0.25) is 0 Å². The first-order chi connectivity index (χ1) is 27.2. The average molecular weight is 841 g/mol. The van der Waals surface area contributed by atoms with Crippen LogP contribution in [-0.4, -0.2) is 103 Å². The molecule has 0 aromatic heterocycles. The molecule has 1 aromatic rings. The summed E-state index contributed by atoms with van der Waals surface area (Å²) in [5.41, 5.74) is -1.96. The minimum Gasteiger partial charge on any atom is -0.459 e. The third-order valence-corrected chi connectivity index (χ3v) is 13.2. The Morgan fingerprint density at radius 1 is 0.583 bits per heavy atom. The van der Waals surface area contributed by atoms with E-state index in [-0.39, 0.29) is 69.7 Å². The number of Topliss-reactive ketones (excluding diaryl/α,β-unsaturated/α-hetero) is 1. The Morgan fingerprint density at radius 2 is 1.00 bits per heavy atom. The van der Waals surface area contributed by atoms with Crippen LogP contribution in [0.3, 0.4) is 0 Å². The van der Waals surface area contributed by atoms with Gasteiger partial charge in [-0.3, -0.25) is 4.79 Å². The summed E-state index contributed by atoms with van der Waals surface area (Å²) in [7, 11) is 1.67. The van der Waals surface area contributed by atoms with E-state index in [4.69, 9.17) is 19.0 Å². The Hall–Kier alpha value is -2.45. The van der Waals surface area contributed by atoms with Crippen molar-refractivity contribution in [2.75, 3.05) is 7.11 Å². The maximum absolute atomic E-state index is 14.8. The summed E-state index contributed by atoms with van der Waals surface area (Å²) in [6.45, 7) is 33.3. The number of hydroxylamine groups is 4. The number of esters is 2. The fourth-order valence-electron chi connectivity index (χ4n) is 12.4. The Balaban J connectivity index is 1.58. The second-order valence-corrected chi connectivity index (χ2v) is 24.0. The van der Waals surface area contributed by atoms with Crippen LogP contribution in [0.2, 0.25) is 0 Å². The number of nitrogens with zero attached hydrogens (tertiary/aromatic N) is 2.